The highest BCUT2D eigenvalue weighted by Crippen LogP contribution is 2.16. The van der Waals surface area contributed by atoms with Gasteiger partial charge >= 0.3 is 0 Å². The lowest BCUT2D eigenvalue weighted by Crippen LogP contribution is -2.31. The molecule has 14 heavy (non-hydrogen) atoms. The molecular weight excluding hydrogens is 174 g/mol. The van der Waals surface area contributed by atoms with Gasteiger partial charge in [-0.15, -0.1) is 0 Å². The van der Waals surface area contributed by atoms with Crippen LogP contribution in [0.4, 0.5) is 0 Å². The van der Waals surface area contributed by atoms with Gasteiger partial charge in [-0.25, -0.2) is 4.57 Å². The lowest BCUT2D eigenvalue weighted by atomic mass is 10.1. The molecule has 2 rings (SSSR count). The van der Waals surface area contributed by atoms with Crippen molar-refractivity contribution in [3.05, 3.63) is 42.6 Å². The zero-order chi connectivity index (χ0) is 9.97. The summed E-state index contributed by atoms with van der Waals surface area (Å²) in [5.74, 6) is 0. The number of pyridine rings is 1. The van der Waals surface area contributed by atoms with Gasteiger partial charge in [-0.05, 0) is 18.6 Å². The predicted octanol–water partition coefficient (Wildman–Crippen LogP) is 1.28. The van der Waals surface area contributed by atoms with E-state index in [0.717, 1.165) is 11.3 Å². The largest absolute Gasteiger partial charge is 0.286 e. The Hall–Kier alpha value is -1.77. The summed E-state index contributed by atoms with van der Waals surface area (Å²) in [5.41, 5.74) is 3.50. The minimum atomic E-state index is 1.13. The first-order valence-electron chi connectivity index (χ1n) is 4.49. The smallest absolute Gasteiger partial charge is 0.264 e. The van der Waals surface area contributed by atoms with Crippen molar-refractivity contribution in [3.63, 3.8) is 0 Å². The van der Waals surface area contributed by atoms with Crippen molar-refractivity contribution >= 4 is 0 Å². The Bertz CT molecular complexity index is 408. The summed E-state index contributed by atoms with van der Waals surface area (Å²) in [6.45, 7) is 2.08. The van der Waals surface area contributed by atoms with Crippen molar-refractivity contribution in [3.8, 4) is 11.3 Å². The van der Waals surface area contributed by atoms with E-state index in [1.165, 1.54) is 5.56 Å². The number of aromatic nitrogens is 3. The summed E-state index contributed by atoms with van der Waals surface area (Å²) in [6.07, 6.45) is 7.27. The molecule has 0 radical (unpaired) electrons. The van der Waals surface area contributed by atoms with E-state index in [0.29, 0.717) is 0 Å². The number of nitrogens with zero attached hydrogens (tertiary/aromatic N) is 3. The Balaban J connectivity index is 2.61. The van der Waals surface area contributed by atoms with Crippen LogP contribution in [0.25, 0.3) is 11.3 Å². The molecule has 0 aromatic carbocycles. The normalized spacial score (nSPS) is 10.1. The molecule has 2 heterocycles. The van der Waals surface area contributed by atoms with Gasteiger partial charge in [-0.2, -0.15) is 0 Å². The summed E-state index contributed by atoms with van der Waals surface area (Å²) in [7, 11) is 1.98. The van der Waals surface area contributed by atoms with Crippen LogP contribution >= 0.6 is 0 Å². The fourth-order valence-corrected chi connectivity index (χ4v) is 1.44. The maximum Gasteiger partial charge on any atom is 0.286 e. The third kappa shape index (κ3) is 1.48. The molecule has 0 unspecified atom stereocenters. The Kier molecular flexibility index (Phi) is 2.23. The van der Waals surface area contributed by atoms with Crippen molar-refractivity contribution in [1.82, 2.24) is 9.97 Å². The van der Waals surface area contributed by atoms with Gasteiger partial charge in [0.25, 0.3) is 6.33 Å². The molecule has 0 aliphatic heterocycles. The molecule has 2 aromatic heterocycles. The van der Waals surface area contributed by atoms with Gasteiger partial charge in [-0.3, -0.25) is 4.98 Å². The van der Waals surface area contributed by atoms with Gasteiger partial charge < -0.3 is 0 Å². The summed E-state index contributed by atoms with van der Waals surface area (Å²) >= 11 is 0. The highest BCUT2D eigenvalue weighted by molar-refractivity contribution is 5.58. The molecule has 0 atom stereocenters. The maximum absolute atomic E-state index is 4.13. The summed E-state index contributed by atoms with van der Waals surface area (Å²) in [5, 5.41) is 0. The van der Waals surface area contributed by atoms with Crippen LogP contribution in [0.1, 0.15) is 5.56 Å². The number of hydrogen-bond acceptors (Lipinski definition) is 2. The van der Waals surface area contributed by atoms with Crippen molar-refractivity contribution < 1.29 is 4.57 Å². The van der Waals surface area contributed by atoms with Crippen LogP contribution in [-0.4, -0.2) is 9.97 Å². The average Bonchev–Trinajstić information content (AvgIpc) is 2.20. The van der Waals surface area contributed by atoms with E-state index in [1.807, 2.05) is 29.9 Å². The van der Waals surface area contributed by atoms with Crippen LogP contribution in [0.2, 0.25) is 0 Å². The molecule has 0 amide bonds. The number of rotatable bonds is 1. The topological polar surface area (TPSA) is 29.7 Å². The van der Waals surface area contributed by atoms with Crippen molar-refractivity contribution in [1.29, 1.82) is 0 Å². The lowest BCUT2D eigenvalue weighted by molar-refractivity contribution is -0.663. The molecule has 2 aromatic rings. The zero-order valence-corrected chi connectivity index (χ0v) is 8.31. The fraction of sp³-hybridized carbons (Fsp3) is 0.182. The Morgan fingerprint density at radius 1 is 1.14 bits per heavy atom. The quantitative estimate of drug-likeness (QED) is 0.628. The molecule has 0 saturated heterocycles. The van der Waals surface area contributed by atoms with E-state index in [9.17, 15) is 0 Å². The summed E-state index contributed by atoms with van der Waals surface area (Å²) in [6, 6.07) is 4.00. The highest BCUT2D eigenvalue weighted by atomic mass is 15.0. The number of aryl methyl sites for hydroxylation is 2. The summed E-state index contributed by atoms with van der Waals surface area (Å²) in [4.78, 5) is 8.17. The molecule has 0 spiro atoms. The first-order chi connectivity index (χ1) is 6.79. The van der Waals surface area contributed by atoms with Crippen LogP contribution in [0.15, 0.2) is 37.1 Å². The minimum absolute atomic E-state index is 1.13. The average molecular weight is 186 g/mol. The second kappa shape index (κ2) is 3.54. The lowest BCUT2D eigenvalue weighted by Gasteiger charge is -2.03. The van der Waals surface area contributed by atoms with E-state index in [-0.39, 0.29) is 0 Å². The van der Waals surface area contributed by atoms with E-state index in [2.05, 4.69) is 16.9 Å². The molecule has 3 heteroatoms. The third-order valence-corrected chi connectivity index (χ3v) is 2.25. The van der Waals surface area contributed by atoms with Crippen LogP contribution in [-0.2, 0) is 7.05 Å². The molecular formula is C11H12N3+. The molecule has 3 nitrogen and oxygen atoms in total. The second-order valence-electron chi connectivity index (χ2n) is 3.27. The Morgan fingerprint density at radius 3 is 2.64 bits per heavy atom. The number of hydrogen-bond donors (Lipinski definition) is 0. The van der Waals surface area contributed by atoms with Gasteiger partial charge in [0.15, 0.2) is 0 Å². The van der Waals surface area contributed by atoms with E-state index >= 15 is 0 Å². The van der Waals surface area contributed by atoms with Gasteiger partial charge in [0, 0.05) is 24.0 Å². The van der Waals surface area contributed by atoms with Gasteiger partial charge in [0.1, 0.15) is 11.9 Å². The molecule has 0 aliphatic rings. The van der Waals surface area contributed by atoms with Crippen LogP contribution in [0, 0.1) is 6.92 Å². The maximum atomic E-state index is 4.13. The second-order valence-corrected chi connectivity index (χ2v) is 3.27. The first kappa shape index (κ1) is 8.81. The Labute approximate surface area is 83.1 Å². The molecule has 0 bridgehead atoms. The third-order valence-electron chi connectivity index (χ3n) is 2.25. The van der Waals surface area contributed by atoms with E-state index in [4.69, 9.17) is 0 Å². The van der Waals surface area contributed by atoms with Crippen LogP contribution in [0.3, 0.4) is 0 Å². The predicted molar refractivity (Wildman–Crippen MR) is 53.4 cm³/mol. The van der Waals surface area contributed by atoms with Gasteiger partial charge in [0.2, 0.25) is 0 Å². The Morgan fingerprint density at radius 2 is 1.93 bits per heavy atom. The van der Waals surface area contributed by atoms with E-state index in [1.54, 1.807) is 18.7 Å². The van der Waals surface area contributed by atoms with Crippen LogP contribution in [0.5, 0.6) is 0 Å². The van der Waals surface area contributed by atoms with Gasteiger partial charge in [-0.1, -0.05) is 4.98 Å². The van der Waals surface area contributed by atoms with Crippen molar-refractivity contribution in [2.24, 2.45) is 7.05 Å². The van der Waals surface area contributed by atoms with Crippen LogP contribution < -0.4 is 4.57 Å². The fourth-order valence-electron chi connectivity index (χ4n) is 1.44. The molecule has 0 saturated carbocycles. The van der Waals surface area contributed by atoms with E-state index < -0.39 is 0 Å². The van der Waals surface area contributed by atoms with Crippen molar-refractivity contribution in [2.75, 3.05) is 0 Å². The monoisotopic (exact) mass is 186 g/mol. The van der Waals surface area contributed by atoms with Crippen molar-refractivity contribution in [2.45, 2.75) is 6.92 Å². The zero-order valence-electron chi connectivity index (χ0n) is 8.31. The molecule has 0 fully saturated rings. The van der Waals surface area contributed by atoms with Gasteiger partial charge in [0.05, 0.1) is 7.05 Å². The first-order valence-corrected chi connectivity index (χ1v) is 4.49. The summed E-state index contributed by atoms with van der Waals surface area (Å²) < 4.78 is 1.99. The minimum Gasteiger partial charge on any atom is -0.264 e. The SMILES string of the molecule is Cc1ccncc1-c1ccnc[n+]1C. The molecule has 0 aliphatic carbocycles. The molecule has 70 valence electrons. The molecule has 0 N–H and O–H groups in total. The standard InChI is InChI=1S/C11H12N3/c1-9-3-5-12-7-10(9)11-4-6-13-8-14(11)2/h3-8H,1-2H3/q+1. The highest BCUT2D eigenvalue weighted by Gasteiger charge is 2.08.